The quantitative estimate of drug-likeness (QED) is 0.713. The number of aromatic nitrogens is 2. The van der Waals surface area contributed by atoms with Gasteiger partial charge in [0.05, 0.1) is 12.3 Å². The zero-order valence-electron chi connectivity index (χ0n) is 18.0. The SMILES string of the molecule is CCn1cc(/C=C2/C[C@@H]3[C@H]4CC[C@H]5CCCC[C@]5(C)[C@@H]4CC[C@@]3(C)[C@@H]2O)cn1. The van der Waals surface area contributed by atoms with Gasteiger partial charge in [-0.2, -0.15) is 5.10 Å². The Morgan fingerprint density at radius 3 is 2.75 bits per heavy atom. The lowest BCUT2D eigenvalue weighted by molar-refractivity contribution is -0.119. The smallest absolute Gasteiger partial charge is 0.0809 e. The molecule has 1 aromatic rings. The van der Waals surface area contributed by atoms with E-state index in [1.54, 1.807) is 0 Å². The molecule has 0 unspecified atom stereocenters. The molecule has 3 nitrogen and oxygen atoms in total. The van der Waals surface area contributed by atoms with Crippen LogP contribution in [0.3, 0.4) is 0 Å². The fourth-order valence-corrected chi connectivity index (χ4v) is 8.14. The van der Waals surface area contributed by atoms with Crippen LogP contribution in [0, 0.1) is 34.5 Å². The highest BCUT2D eigenvalue weighted by Crippen LogP contribution is 2.67. The van der Waals surface area contributed by atoms with Crippen LogP contribution in [0.1, 0.15) is 84.1 Å². The molecule has 0 bridgehead atoms. The van der Waals surface area contributed by atoms with Gasteiger partial charge in [-0.25, -0.2) is 0 Å². The summed E-state index contributed by atoms with van der Waals surface area (Å²) in [5.41, 5.74) is 3.06. The van der Waals surface area contributed by atoms with Gasteiger partial charge in [0, 0.05) is 23.7 Å². The summed E-state index contributed by atoms with van der Waals surface area (Å²) in [6, 6.07) is 0. The van der Waals surface area contributed by atoms with Crippen LogP contribution < -0.4 is 0 Å². The van der Waals surface area contributed by atoms with E-state index < -0.39 is 0 Å². The van der Waals surface area contributed by atoms with Crippen molar-refractivity contribution in [1.82, 2.24) is 9.78 Å². The van der Waals surface area contributed by atoms with Crippen LogP contribution in [0.25, 0.3) is 6.08 Å². The maximum Gasteiger partial charge on any atom is 0.0809 e. The van der Waals surface area contributed by atoms with Crippen molar-refractivity contribution in [2.24, 2.45) is 34.5 Å². The normalized spacial score (nSPS) is 46.9. The summed E-state index contributed by atoms with van der Waals surface area (Å²) in [4.78, 5) is 0. The van der Waals surface area contributed by atoms with Gasteiger partial charge in [-0.05, 0) is 86.5 Å². The second kappa shape index (κ2) is 6.72. The number of fused-ring (bicyclic) bond motifs is 5. The van der Waals surface area contributed by atoms with Crippen LogP contribution in [0.5, 0.6) is 0 Å². The van der Waals surface area contributed by atoms with Crippen LogP contribution in [-0.2, 0) is 6.54 Å². The first-order valence-corrected chi connectivity index (χ1v) is 11.9. The third-order valence-electron chi connectivity index (χ3n) is 9.78. The van der Waals surface area contributed by atoms with Crippen LogP contribution in [0.4, 0.5) is 0 Å². The van der Waals surface area contributed by atoms with E-state index in [9.17, 15) is 5.11 Å². The summed E-state index contributed by atoms with van der Waals surface area (Å²) in [5.74, 6) is 3.33. The van der Waals surface area contributed by atoms with Gasteiger partial charge in [0.2, 0.25) is 0 Å². The number of aryl methyl sites for hydroxylation is 1. The maximum absolute atomic E-state index is 11.4. The maximum atomic E-state index is 11.4. The highest BCUT2D eigenvalue weighted by Gasteiger charge is 2.60. The van der Waals surface area contributed by atoms with E-state index in [2.05, 4.69) is 38.1 Å². The Morgan fingerprint density at radius 1 is 1.11 bits per heavy atom. The zero-order chi connectivity index (χ0) is 19.5. The van der Waals surface area contributed by atoms with Gasteiger partial charge in [0.1, 0.15) is 0 Å². The molecule has 1 aromatic heterocycles. The fraction of sp³-hybridized carbons (Fsp3) is 0.800. The molecule has 0 aromatic carbocycles. The van der Waals surface area contributed by atoms with Crippen molar-refractivity contribution in [3.63, 3.8) is 0 Å². The topological polar surface area (TPSA) is 38.0 Å². The molecule has 28 heavy (non-hydrogen) atoms. The Kier molecular flexibility index (Phi) is 4.54. The molecule has 0 saturated heterocycles. The van der Waals surface area contributed by atoms with Gasteiger partial charge in [-0.15, -0.1) is 0 Å². The highest BCUT2D eigenvalue weighted by molar-refractivity contribution is 5.54. The molecule has 4 saturated carbocycles. The molecule has 1 N–H and O–H groups in total. The molecule has 0 amide bonds. The van der Waals surface area contributed by atoms with Crippen LogP contribution in [0.2, 0.25) is 0 Å². The lowest BCUT2D eigenvalue weighted by atomic mass is 9.45. The molecular weight excluding hydrogens is 344 g/mol. The van der Waals surface area contributed by atoms with Gasteiger partial charge >= 0.3 is 0 Å². The summed E-state index contributed by atoms with van der Waals surface area (Å²) >= 11 is 0. The van der Waals surface area contributed by atoms with Gasteiger partial charge in [-0.3, -0.25) is 4.68 Å². The molecule has 154 valence electrons. The molecule has 5 rings (SSSR count). The minimum Gasteiger partial charge on any atom is -0.388 e. The van der Waals surface area contributed by atoms with Crippen LogP contribution >= 0.6 is 0 Å². The number of nitrogens with zero attached hydrogens (tertiary/aromatic N) is 2. The van der Waals surface area contributed by atoms with Crippen LogP contribution in [0.15, 0.2) is 18.0 Å². The molecule has 4 aliphatic rings. The molecule has 3 heteroatoms. The predicted molar refractivity (Wildman–Crippen MR) is 114 cm³/mol. The number of hydrogen-bond donors (Lipinski definition) is 1. The van der Waals surface area contributed by atoms with E-state index >= 15 is 0 Å². The second-order valence-corrected chi connectivity index (χ2v) is 10.9. The Balaban J connectivity index is 1.44. The van der Waals surface area contributed by atoms with E-state index in [1.165, 1.54) is 56.9 Å². The second-order valence-electron chi connectivity index (χ2n) is 10.9. The van der Waals surface area contributed by atoms with E-state index in [0.29, 0.717) is 11.3 Å². The largest absolute Gasteiger partial charge is 0.388 e. The summed E-state index contributed by atoms with van der Waals surface area (Å²) in [7, 11) is 0. The van der Waals surface area contributed by atoms with Crippen molar-refractivity contribution in [2.75, 3.05) is 0 Å². The number of aliphatic hydroxyl groups is 1. The first-order valence-electron chi connectivity index (χ1n) is 11.9. The van der Waals surface area contributed by atoms with Crippen molar-refractivity contribution in [1.29, 1.82) is 0 Å². The molecule has 0 radical (unpaired) electrons. The molecule has 7 atom stereocenters. The number of aliphatic hydroxyl groups excluding tert-OH is 1. The van der Waals surface area contributed by atoms with E-state index in [4.69, 9.17) is 0 Å². The van der Waals surface area contributed by atoms with E-state index in [-0.39, 0.29) is 11.5 Å². The van der Waals surface area contributed by atoms with Crippen molar-refractivity contribution in [3.05, 3.63) is 23.5 Å². The van der Waals surface area contributed by atoms with Gasteiger partial charge in [0.25, 0.3) is 0 Å². The van der Waals surface area contributed by atoms with Crippen LogP contribution in [-0.4, -0.2) is 21.0 Å². The molecule has 1 heterocycles. The Bertz CT molecular complexity index is 766. The van der Waals surface area contributed by atoms with Crippen molar-refractivity contribution < 1.29 is 5.11 Å². The summed E-state index contributed by atoms with van der Waals surface area (Å²) in [6.07, 6.45) is 18.3. The predicted octanol–water partition coefficient (Wildman–Crippen LogP) is 5.69. The Labute approximate surface area is 170 Å². The summed E-state index contributed by atoms with van der Waals surface area (Å²) in [6.45, 7) is 8.05. The standard InChI is InChI=1S/C25H38N2O/c1-4-27-16-17(15-26-27)13-18-14-22-20-9-8-19-7-5-6-11-24(19,2)21(20)10-12-25(22,3)23(18)28/h13,15-16,19-23,28H,4-12,14H2,1-3H3/b18-13-/t19-,20+,21-,22-,23-,24+,25-/m1/s1. The number of hydrogen-bond acceptors (Lipinski definition) is 2. The third kappa shape index (κ3) is 2.68. The third-order valence-corrected chi connectivity index (χ3v) is 9.78. The first kappa shape index (κ1) is 18.9. The molecule has 0 aliphatic heterocycles. The summed E-state index contributed by atoms with van der Waals surface area (Å²) < 4.78 is 1.98. The summed E-state index contributed by atoms with van der Waals surface area (Å²) in [5, 5.41) is 15.8. The van der Waals surface area contributed by atoms with E-state index in [1.807, 2.05) is 10.9 Å². The monoisotopic (exact) mass is 382 g/mol. The molecule has 4 fully saturated rings. The Hall–Kier alpha value is -1.09. The zero-order valence-corrected chi connectivity index (χ0v) is 18.0. The average molecular weight is 383 g/mol. The highest BCUT2D eigenvalue weighted by atomic mass is 16.3. The molecule has 0 spiro atoms. The van der Waals surface area contributed by atoms with Crippen molar-refractivity contribution in [2.45, 2.75) is 91.2 Å². The van der Waals surface area contributed by atoms with E-state index in [0.717, 1.165) is 36.3 Å². The first-order chi connectivity index (χ1) is 13.5. The van der Waals surface area contributed by atoms with Crippen molar-refractivity contribution >= 4 is 6.08 Å². The minimum atomic E-state index is -0.277. The lowest BCUT2D eigenvalue weighted by Gasteiger charge is -2.60. The molecular formula is C25H38N2O. The lowest BCUT2D eigenvalue weighted by Crippen LogP contribution is -2.53. The fourth-order valence-electron chi connectivity index (χ4n) is 8.14. The van der Waals surface area contributed by atoms with Crippen molar-refractivity contribution in [3.8, 4) is 0 Å². The minimum absolute atomic E-state index is 0.0750. The Morgan fingerprint density at radius 2 is 1.96 bits per heavy atom. The average Bonchev–Trinajstić information content (AvgIpc) is 3.25. The number of rotatable bonds is 2. The van der Waals surface area contributed by atoms with Gasteiger partial charge in [0.15, 0.2) is 0 Å². The van der Waals surface area contributed by atoms with Gasteiger partial charge in [-0.1, -0.05) is 32.8 Å². The van der Waals surface area contributed by atoms with Gasteiger partial charge < -0.3 is 5.11 Å². The molecule has 4 aliphatic carbocycles.